The fourth-order valence-electron chi connectivity index (χ4n) is 4.25. The number of ether oxygens (including phenoxy) is 3. The van der Waals surface area contributed by atoms with Gasteiger partial charge >= 0.3 is 5.97 Å². The lowest BCUT2D eigenvalue weighted by atomic mass is 10.0. The van der Waals surface area contributed by atoms with Crippen molar-refractivity contribution in [2.24, 2.45) is 0 Å². The van der Waals surface area contributed by atoms with Crippen LogP contribution >= 0.6 is 0 Å². The third-order valence-electron chi connectivity index (χ3n) is 5.93. The summed E-state index contributed by atoms with van der Waals surface area (Å²) in [5.74, 6) is 0.155. The van der Waals surface area contributed by atoms with Crippen LogP contribution in [0.2, 0.25) is 0 Å². The summed E-state index contributed by atoms with van der Waals surface area (Å²) in [7, 11) is 4.29. The minimum atomic E-state index is -0.516. The molecule has 9 nitrogen and oxygen atoms in total. The lowest BCUT2D eigenvalue weighted by Crippen LogP contribution is -2.35. The third kappa shape index (κ3) is 5.08. The number of hydrogen-bond acceptors (Lipinski definition) is 7. The van der Waals surface area contributed by atoms with Gasteiger partial charge in [0, 0.05) is 23.9 Å². The SMILES string of the molecule is CCn1c(C)c(C(=O)CN(Cc2ccco2)C(=O)c2ccc(OC)cc2OC)c(C)c1C(=O)OC. The summed E-state index contributed by atoms with van der Waals surface area (Å²) in [4.78, 5) is 41.0. The Hall–Kier alpha value is -4.01. The van der Waals surface area contributed by atoms with Crippen molar-refractivity contribution in [3.05, 3.63) is 70.4 Å². The maximum absolute atomic E-state index is 13.6. The zero-order valence-electron chi connectivity index (χ0n) is 20.8. The number of carbonyl (C=O) groups is 3. The largest absolute Gasteiger partial charge is 0.497 e. The van der Waals surface area contributed by atoms with E-state index in [2.05, 4.69) is 0 Å². The molecular weight excluding hydrogens is 452 g/mol. The van der Waals surface area contributed by atoms with Gasteiger partial charge in [0.1, 0.15) is 23.0 Å². The number of esters is 1. The Morgan fingerprint density at radius 2 is 1.80 bits per heavy atom. The summed E-state index contributed by atoms with van der Waals surface area (Å²) in [6, 6.07) is 8.31. The smallest absolute Gasteiger partial charge is 0.354 e. The molecule has 0 unspecified atom stereocenters. The van der Waals surface area contributed by atoms with Gasteiger partial charge in [0.15, 0.2) is 5.78 Å². The molecule has 0 atom stereocenters. The van der Waals surface area contributed by atoms with Crippen LogP contribution in [0.5, 0.6) is 11.5 Å². The van der Waals surface area contributed by atoms with Crippen molar-refractivity contribution in [2.45, 2.75) is 33.9 Å². The molecule has 0 aliphatic rings. The van der Waals surface area contributed by atoms with E-state index in [-0.39, 0.29) is 24.4 Å². The number of rotatable bonds is 10. The Labute approximate surface area is 204 Å². The molecule has 9 heteroatoms. The summed E-state index contributed by atoms with van der Waals surface area (Å²) >= 11 is 0. The first-order valence-corrected chi connectivity index (χ1v) is 11.1. The van der Waals surface area contributed by atoms with E-state index in [9.17, 15) is 14.4 Å². The summed E-state index contributed by atoms with van der Waals surface area (Å²) in [6.07, 6.45) is 1.51. The van der Waals surface area contributed by atoms with E-state index in [1.807, 2.05) is 6.92 Å². The normalized spacial score (nSPS) is 10.7. The van der Waals surface area contributed by atoms with E-state index in [0.29, 0.717) is 46.3 Å². The number of hydrogen-bond donors (Lipinski definition) is 0. The summed E-state index contributed by atoms with van der Waals surface area (Å²) in [6.45, 7) is 5.71. The van der Waals surface area contributed by atoms with Crippen LogP contribution in [-0.4, -0.2) is 55.0 Å². The van der Waals surface area contributed by atoms with Gasteiger partial charge in [-0.25, -0.2) is 4.79 Å². The van der Waals surface area contributed by atoms with E-state index in [1.165, 1.54) is 32.5 Å². The van der Waals surface area contributed by atoms with Gasteiger partial charge in [-0.05, 0) is 50.6 Å². The molecule has 3 aromatic rings. The highest BCUT2D eigenvalue weighted by Gasteiger charge is 2.29. The second kappa shape index (κ2) is 10.9. The van der Waals surface area contributed by atoms with Gasteiger partial charge in [-0.3, -0.25) is 9.59 Å². The number of amides is 1. The Bertz CT molecular complexity index is 1230. The minimum absolute atomic E-state index is 0.0726. The summed E-state index contributed by atoms with van der Waals surface area (Å²) in [5, 5.41) is 0. The highest BCUT2D eigenvalue weighted by Crippen LogP contribution is 2.28. The molecule has 186 valence electrons. The molecule has 0 radical (unpaired) electrons. The average molecular weight is 483 g/mol. The molecule has 3 rings (SSSR count). The summed E-state index contributed by atoms with van der Waals surface area (Å²) in [5.41, 5.74) is 2.17. The Kier molecular flexibility index (Phi) is 8.01. The minimum Gasteiger partial charge on any atom is -0.497 e. The molecule has 0 bridgehead atoms. The van der Waals surface area contributed by atoms with E-state index in [4.69, 9.17) is 18.6 Å². The van der Waals surface area contributed by atoms with Gasteiger partial charge < -0.3 is 28.1 Å². The third-order valence-corrected chi connectivity index (χ3v) is 5.93. The maximum atomic E-state index is 13.6. The molecule has 0 saturated carbocycles. The first-order chi connectivity index (χ1) is 16.8. The number of furan rings is 1. The molecule has 1 aromatic carbocycles. The zero-order valence-corrected chi connectivity index (χ0v) is 20.8. The van der Waals surface area contributed by atoms with E-state index >= 15 is 0 Å². The van der Waals surface area contributed by atoms with Crippen LogP contribution < -0.4 is 9.47 Å². The van der Waals surface area contributed by atoms with Gasteiger partial charge in [0.2, 0.25) is 0 Å². The highest BCUT2D eigenvalue weighted by atomic mass is 16.5. The lowest BCUT2D eigenvalue weighted by Gasteiger charge is -2.22. The fourth-order valence-corrected chi connectivity index (χ4v) is 4.25. The number of carbonyl (C=O) groups excluding carboxylic acids is 3. The summed E-state index contributed by atoms with van der Waals surface area (Å²) < 4.78 is 22.7. The second-order valence-corrected chi connectivity index (χ2v) is 7.90. The molecule has 0 saturated heterocycles. The van der Waals surface area contributed by atoms with E-state index < -0.39 is 11.9 Å². The van der Waals surface area contributed by atoms with Crippen LogP contribution in [0.15, 0.2) is 41.0 Å². The standard InChI is InChI=1S/C26H30N2O7/c1-7-28-17(3)23(16(2)24(28)26(31)34-6)21(29)15-27(14-19-9-8-12-35-19)25(30)20-11-10-18(32-4)13-22(20)33-5/h8-13H,7,14-15H2,1-6H3. The van der Waals surface area contributed by atoms with Crippen molar-refractivity contribution in [3.63, 3.8) is 0 Å². The number of aromatic nitrogens is 1. The van der Waals surface area contributed by atoms with Crippen LogP contribution in [-0.2, 0) is 17.8 Å². The number of methoxy groups -OCH3 is 3. The van der Waals surface area contributed by atoms with Crippen molar-refractivity contribution in [1.82, 2.24) is 9.47 Å². The van der Waals surface area contributed by atoms with Gasteiger partial charge in [0.25, 0.3) is 5.91 Å². The second-order valence-electron chi connectivity index (χ2n) is 7.90. The monoisotopic (exact) mass is 482 g/mol. The Morgan fingerprint density at radius 3 is 2.37 bits per heavy atom. The first-order valence-electron chi connectivity index (χ1n) is 11.1. The molecule has 35 heavy (non-hydrogen) atoms. The predicted molar refractivity (Wildman–Crippen MR) is 128 cm³/mol. The van der Waals surface area contributed by atoms with Gasteiger partial charge in [0.05, 0.1) is 46.2 Å². The van der Waals surface area contributed by atoms with Crippen molar-refractivity contribution < 1.29 is 33.0 Å². The first kappa shape index (κ1) is 25.6. The van der Waals surface area contributed by atoms with Gasteiger partial charge in [-0.15, -0.1) is 0 Å². The maximum Gasteiger partial charge on any atom is 0.354 e. The van der Waals surface area contributed by atoms with Crippen LogP contribution in [0.1, 0.15) is 55.1 Å². The van der Waals surface area contributed by atoms with Crippen molar-refractivity contribution in [2.75, 3.05) is 27.9 Å². The molecule has 2 aromatic heterocycles. The topological polar surface area (TPSA) is 100 Å². The van der Waals surface area contributed by atoms with Gasteiger partial charge in [-0.2, -0.15) is 0 Å². The predicted octanol–water partition coefficient (Wildman–Crippen LogP) is 4.05. The fraction of sp³-hybridized carbons (Fsp3) is 0.346. The molecule has 0 spiro atoms. The number of Topliss-reactive ketones (excluding diaryl/α,β-unsaturated/α-hetero) is 1. The number of ketones is 1. The van der Waals surface area contributed by atoms with Crippen molar-refractivity contribution >= 4 is 17.7 Å². The highest BCUT2D eigenvalue weighted by molar-refractivity contribution is 6.06. The van der Waals surface area contributed by atoms with Crippen LogP contribution in [0, 0.1) is 13.8 Å². The number of nitrogens with zero attached hydrogens (tertiary/aromatic N) is 2. The molecule has 0 fully saturated rings. The molecule has 0 aliphatic carbocycles. The molecule has 0 N–H and O–H groups in total. The lowest BCUT2D eigenvalue weighted by molar-refractivity contribution is 0.0587. The molecule has 1 amide bonds. The molecule has 0 aliphatic heterocycles. The average Bonchev–Trinajstić information content (AvgIpc) is 3.46. The molecular formula is C26H30N2O7. The van der Waals surface area contributed by atoms with E-state index in [0.717, 1.165) is 0 Å². The van der Waals surface area contributed by atoms with Gasteiger partial charge in [-0.1, -0.05) is 0 Å². The zero-order chi connectivity index (χ0) is 25.7. The van der Waals surface area contributed by atoms with Crippen LogP contribution in [0.3, 0.4) is 0 Å². The molecule has 2 heterocycles. The van der Waals surface area contributed by atoms with E-state index in [1.54, 1.807) is 48.7 Å². The van der Waals surface area contributed by atoms with Crippen LogP contribution in [0.4, 0.5) is 0 Å². The number of benzene rings is 1. The van der Waals surface area contributed by atoms with Crippen LogP contribution in [0.25, 0.3) is 0 Å². The Morgan fingerprint density at radius 1 is 1.06 bits per heavy atom. The van der Waals surface area contributed by atoms with Crippen molar-refractivity contribution in [3.8, 4) is 11.5 Å². The quantitative estimate of drug-likeness (QED) is 0.317. The van der Waals surface area contributed by atoms with Crippen molar-refractivity contribution in [1.29, 1.82) is 0 Å². The Balaban J connectivity index is 2.01.